The number of hydrogen-bond donors (Lipinski definition) is 9. The molecule has 12 atom stereocenters. The molecule has 2 rings (SSSR count). The maximum Gasteiger partial charge on any atom is 0.187 e. The first-order chi connectivity index (χ1) is 13.7. The van der Waals surface area contributed by atoms with Crippen molar-refractivity contribution in [3.63, 3.8) is 0 Å². The topological polar surface area (TPSA) is 219 Å². The van der Waals surface area contributed by atoms with Crippen molar-refractivity contribution in [1.82, 2.24) is 0 Å². The highest BCUT2D eigenvalue weighted by molar-refractivity contribution is 4.94. The predicted molar refractivity (Wildman–Crippen MR) is 90.0 cm³/mol. The lowest BCUT2D eigenvalue weighted by Crippen LogP contribution is -2.64. The van der Waals surface area contributed by atoms with Gasteiger partial charge in [-0.3, -0.25) is 0 Å². The van der Waals surface area contributed by atoms with Gasteiger partial charge in [0.15, 0.2) is 12.6 Å². The van der Waals surface area contributed by atoms with Gasteiger partial charge in [-0.05, 0) is 6.92 Å². The van der Waals surface area contributed by atoms with Crippen molar-refractivity contribution in [2.75, 3.05) is 19.8 Å². The van der Waals surface area contributed by atoms with Crippen molar-refractivity contribution in [2.45, 2.75) is 80.5 Å². The molecule has 29 heavy (non-hydrogen) atoms. The minimum absolute atomic E-state index is 0.716. The van der Waals surface area contributed by atoms with E-state index in [1.54, 1.807) is 0 Å². The Hall–Kier alpha value is -0.520. The van der Waals surface area contributed by atoms with Crippen LogP contribution in [-0.4, -0.2) is 139 Å². The largest absolute Gasteiger partial charge is 0.394 e. The van der Waals surface area contributed by atoms with E-state index in [0.29, 0.717) is 0 Å². The van der Waals surface area contributed by atoms with Crippen LogP contribution < -0.4 is 0 Å². The van der Waals surface area contributed by atoms with Gasteiger partial charge in [-0.25, -0.2) is 0 Å². The fraction of sp³-hybridized carbons (Fsp3) is 1.00. The lowest BCUT2D eigenvalue weighted by atomic mass is 9.97. The molecule has 0 amide bonds. The molecule has 2 heterocycles. The highest BCUT2D eigenvalue weighted by Gasteiger charge is 2.50. The van der Waals surface area contributed by atoms with E-state index in [-0.39, 0.29) is 0 Å². The normalized spacial score (nSPS) is 45.7. The number of aliphatic hydroxyl groups excluding tert-OH is 9. The van der Waals surface area contributed by atoms with Gasteiger partial charge in [0, 0.05) is 0 Å². The quantitative estimate of drug-likeness (QED) is 0.176. The fourth-order valence-electron chi connectivity index (χ4n) is 3.15. The average Bonchev–Trinajstić information content (AvgIpc) is 2.71. The van der Waals surface area contributed by atoms with E-state index in [2.05, 4.69) is 0 Å². The smallest absolute Gasteiger partial charge is 0.187 e. The molecule has 0 aromatic carbocycles. The van der Waals surface area contributed by atoms with Crippen LogP contribution >= 0.6 is 0 Å². The number of rotatable bonds is 8. The Morgan fingerprint density at radius 1 is 0.793 bits per heavy atom. The van der Waals surface area contributed by atoms with Gasteiger partial charge in [0.1, 0.15) is 54.9 Å². The minimum atomic E-state index is -1.75. The number of ether oxygens (including phenoxy) is 4. The SMILES string of the molecule is C[C@@H]1O[C@@H](O[C@@H]2[C@@H](O)[C@H](O[C@@H](CO)[C@@H](O)CO)O[C@H](CO)[C@H]2O)[C@H](O)[C@H](O)[C@H]1O. The Bertz CT molecular complexity index is 495. The summed E-state index contributed by atoms with van der Waals surface area (Å²) in [4.78, 5) is 0. The number of aliphatic hydroxyl groups is 9. The second-order valence-corrected chi connectivity index (χ2v) is 7.10. The fourth-order valence-corrected chi connectivity index (χ4v) is 3.15. The molecule has 2 saturated heterocycles. The summed E-state index contributed by atoms with van der Waals surface area (Å²) in [7, 11) is 0. The Labute approximate surface area is 166 Å². The van der Waals surface area contributed by atoms with Gasteiger partial charge in [-0.2, -0.15) is 0 Å². The lowest BCUT2D eigenvalue weighted by molar-refractivity contribution is -0.364. The van der Waals surface area contributed by atoms with Crippen molar-refractivity contribution >= 4 is 0 Å². The summed E-state index contributed by atoms with van der Waals surface area (Å²) in [6.45, 7) is -0.790. The van der Waals surface area contributed by atoms with Gasteiger partial charge < -0.3 is 64.9 Å². The van der Waals surface area contributed by atoms with Crippen molar-refractivity contribution in [3.05, 3.63) is 0 Å². The Morgan fingerprint density at radius 3 is 2.00 bits per heavy atom. The summed E-state index contributed by atoms with van der Waals surface area (Å²) in [5.74, 6) is 0. The molecule has 0 unspecified atom stereocenters. The Kier molecular flexibility index (Phi) is 9.11. The van der Waals surface area contributed by atoms with E-state index < -0.39 is 93.4 Å². The maximum absolute atomic E-state index is 10.5. The molecule has 0 aromatic rings. The summed E-state index contributed by atoms with van der Waals surface area (Å²) in [5.41, 5.74) is 0. The molecule has 2 aliphatic heterocycles. The maximum atomic E-state index is 10.5. The van der Waals surface area contributed by atoms with Crippen LogP contribution in [0, 0.1) is 0 Å². The van der Waals surface area contributed by atoms with Crippen LogP contribution in [0.25, 0.3) is 0 Å². The first-order valence-corrected chi connectivity index (χ1v) is 9.19. The summed E-state index contributed by atoms with van der Waals surface area (Å²) < 4.78 is 21.2. The van der Waals surface area contributed by atoms with Crippen molar-refractivity contribution in [3.8, 4) is 0 Å². The second kappa shape index (κ2) is 10.7. The number of hydrogen-bond acceptors (Lipinski definition) is 13. The molecule has 0 bridgehead atoms. The summed E-state index contributed by atoms with van der Waals surface area (Å²) in [5, 5.41) is 88.0. The third-order valence-electron chi connectivity index (χ3n) is 5.03. The van der Waals surface area contributed by atoms with Crippen molar-refractivity contribution < 1.29 is 64.9 Å². The molecule has 13 nitrogen and oxygen atoms in total. The molecule has 2 aliphatic rings. The average molecular weight is 430 g/mol. The summed E-state index contributed by atoms with van der Waals surface area (Å²) in [6, 6.07) is 0. The van der Waals surface area contributed by atoms with E-state index in [1.807, 2.05) is 0 Å². The monoisotopic (exact) mass is 430 g/mol. The highest BCUT2D eigenvalue weighted by atomic mass is 16.7. The van der Waals surface area contributed by atoms with Gasteiger partial charge in [0.25, 0.3) is 0 Å². The molecular weight excluding hydrogens is 400 g/mol. The first-order valence-electron chi connectivity index (χ1n) is 9.19. The zero-order chi connectivity index (χ0) is 21.9. The standard InChI is InChI=1S/C16H30O13/c1-5-9(21)11(23)12(24)15(26-5)29-14-10(22)8(4-19)28-16(13(14)25)27-7(3-18)6(20)2-17/h5-25H,2-4H2,1H3/t5-,6-,7-,8+,9-,10+,11+,12+,13+,14-,15-,16+/m0/s1. The molecule has 0 spiro atoms. The molecule has 0 radical (unpaired) electrons. The zero-order valence-electron chi connectivity index (χ0n) is 15.7. The van der Waals surface area contributed by atoms with Gasteiger partial charge >= 0.3 is 0 Å². The van der Waals surface area contributed by atoms with Gasteiger partial charge in [-0.15, -0.1) is 0 Å². The van der Waals surface area contributed by atoms with E-state index >= 15 is 0 Å². The molecular formula is C16H30O13. The Morgan fingerprint density at radius 2 is 1.45 bits per heavy atom. The first kappa shape index (κ1) is 24.7. The molecule has 9 N–H and O–H groups in total. The molecule has 0 aliphatic carbocycles. The van der Waals surface area contributed by atoms with Gasteiger partial charge in [0.2, 0.25) is 0 Å². The minimum Gasteiger partial charge on any atom is -0.394 e. The van der Waals surface area contributed by atoms with Crippen LogP contribution in [0.3, 0.4) is 0 Å². The van der Waals surface area contributed by atoms with E-state index in [1.165, 1.54) is 6.92 Å². The zero-order valence-corrected chi connectivity index (χ0v) is 15.7. The third-order valence-corrected chi connectivity index (χ3v) is 5.03. The summed E-state index contributed by atoms with van der Waals surface area (Å²) in [6.07, 6.45) is -17.9. The highest BCUT2D eigenvalue weighted by Crippen LogP contribution is 2.30. The van der Waals surface area contributed by atoms with Crippen LogP contribution in [0.5, 0.6) is 0 Å². The van der Waals surface area contributed by atoms with Crippen LogP contribution in [0.4, 0.5) is 0 Å². The van der Waals surface area contributed by atoms with Crippen LogP contribution in [0.2, 0.25) is 0 Å². The predicted octanol–water partition coefficient (Wildman–Crippen LogP) is -5.63. The van der Waals surface area contributed by atoms with Gasteiger partial charge in [0.05, 0.1) is 25.9 Å². The van der Waals surface area contributed by atoms with Crippen molar-refractivity contribution in [1.29, 1.82) is 0 Å². The third kappa shape index (κ3) is 5.40. The molecule has 0 saturated carbocycles. The molecule has 13 heteroatoms. The molecule has 2 fully saturated rings. The van der Waals surface area contributed by atoms with Crippen LogP contribution in [-0.2, 0) is 18.9 Å². The van der Waals surface area contributed by atoms with E-state index in [0.717, 1.165) is 0 Å². The Balaban J connectivity index is 2.16. The van der Waals surface area contributed by atoms with Crippen LogP contribution in [0.15, 0.2) is 0 Å². The molecule has 0 aromatic heterocycles. The van der Waals surface area contributed by atoms with E-state index in [9.17, 15) is 40.9 Å². The van der Waals surface area contributed by atoms with Crippen molar-refractivity contribution in [2.24, 2.45) is 0 Å². The summed E-state index contributed by atoms with van der Waals surface area (Å²) >= 11 is 0. The molecule has 172 valence electrons. The van der Waals surface area contributed by atoms with Crippen LogP contribution in [0.1, 0.15) is 6.92 Å². The van der Waals surface area contributed by atoms with Gasteiger partial charge in [-0.1, -0.05) is 0 Å². The lowest BCUT2D eigenvalue weighted by Gasteiger charge is -2.46. The van der Waals surface area contributed by atoms with E-state index in [4.69, 9.17) is 24.1 Å². The second-order valence-electron chi connectivity index (χ2n) is 7.10.